The van der Waals surface area contributed by atoms with Gasteiger partial charge in [0.15, 0.2) is 0 Å². The van der Waals surface area contributed by atoms with Crippen molar-refractivity contribution in [2.75, 3.05) is 11.8 Å². The molecule has 0 saturated heterocycles. The highest BCUT2D eigenvalue weighted by molar-refractivity contribution is 7.92. The summed E-state index contributed by atoms with van der Waals surface area (Å²) in [6, 6.07) is 6.07. The number of halogens is 2. The van der Waals surface area contributed by atoms with Gasteiger partial charge in [-0.25, -0.2) is 8.42 Å². The molecule has 0 unspecified atom stereocenters. The average Bonchev–Trinajstić information content (AvgIpc) is 2.76. The fraction of sp³-hybridized carbons (Fsp3) is 0.167. The van der Waals surface area contributed by atoms with Gasteiger partial charge in [0.05, 0.1) is 5.69 Å². The zero-order valence-corrected chi connectivity index (χ0v) is 12.9. The van der Waals surface area contributed by atoms with Gasteiger partial charge in [-0.1, -0.05) is 23.2 Å². The van der Waals surface area contributed by atoms with Gasteiger partial charge in [-0.3, -0.25) is 4.72 Å². The molecular formula is C12H13Cl2N3O2S. The fourth-order valence-electron chi connectivity index (χ4n) is 1.69. The summed E-state index contributed by atoms with van der Waals surface area (Å²) >= 11 is 11.7. The number of H-pyrrole nitrogens is 1. The van der Waals surface area contributed by atoms with Crippen LogP contribution >= 0.6 is 23.2 Å². The van der Waals surface area contributed by atoms with E-state index < -0.39 is 10.0 Å². The minimum Gasteiger partial charge on any atom is -0.363 e. The average molecular weight is 334 g/mol. The van der Waals surface area contributed by atoms with Crippen LogP contribution in [0.5, 0.6) is 0 Å². The first kappa shape index (κ1) is 15.2. The smallest absolute Gasteiger partial charge is 0.263 e. The maximum absolute atomic E-state index is 12.2. The minimum absolute atomic E-state index is 0.152. The molecule has 0 bridgehead atoms. The maximum atomic E-state index is 12.2. The third kappa shape index (κ3) is 3.67. The number of hydrogen-bond donors (Lipinski definition) is 3. The molecule has 20 heavy (non-hydrogen) atoms. The van der Waals surface area contributed by atoms with Crippen molar-refractivity contribution in [3.63, 3.8) is 0 Å². The van der Waals surface area contributed by atoms with Crippen molar-refractivity contribution < 1.29 is 8.42 Å². The fourth-order valence-corrected chi connectivity index (χ4v) is 3.28. The number of rotatable bonds is 5. The van der Waals surface area contributed by atoms with E-state index in [0.29, 0.717) is 22.3 Å². The topological polar surface area (TPSA) is 74.0 Å². The second kappa shape index (κ2) is 6.05. The molecule has 0 aliphatic carbocycles. The summed E-state index contributed by atoms with van der Waals surface area (Å²) in [7, 11) is -1.89. The van der Waals surface area contributed by atoms with Gasteiger partial charge in [0.25, 0.3) is 10.0 Å². The van der Waals surface area contributed by atoms with Crippen LogP contribution in [0.25, 0.3) is 0 Å². The van der Waals surface area contributed by atoms with E-state index in [-0.39, 0.29) is 4.90 Å². The molecule has 2 aromatic rings. The molecule has 0 aliphatic rings. The lowest BCUT2D eigenvalue weighted by Crippen LogP contribution is -2.12. The van der Waals surface area contributed by atoms with Gasteiger partial charge in [-0.05, 0) is 31.3 Å². The van der Waals surface area contributed by atoms with Crippen molar-refractivity contribution >= 4 is 38.9 Å². The van der Waals surface area contributed by atoms with Gasteiger partial charge >= 0.3 is 0 Å². The predicted octanol–water partition coefficient (Wildman–Crippen LogP) is 2.84. The van der Waals surface area contributed by atoms with E-state index in [1.807, 2.05) is 0 Å². The van der Waals surface area contributed by atoms with Crippen LogP contribution in [0.3, 0.4) is 0 Å². The van der Waals surface area contributed by atoms with Crippen molar-refractivity contribution in [3.8, 4) is 0 Å². The second-order valence-electron chi connectivity index (χ2n) is 4.15. The number of nitrogens with one attached hydrogen (secondary N) is 3. The lowest BCUT2D eigenvalue weighted by molar-refractivity contribution is 0.601. The Morgan fingerprint density at radius 2 is 1.80 bits per heavy atom. The summed E-state index contributed by atoms with van der Waals surface area (Å²) in [5, 5.41) is 3.65. The molecule has 1 aromatic heterocycles. The van der Waals surface area contributed by atoms with Crippen molar-refractivity contribution in [1.82, 2.24) is 10.3 Å². The van der Waals surface area contributed by atoms with Crippen LogP contribution in [-0.2, 0) is 16.6 Å². The largest absolute Gasteiger partial charge is 0.363 e. The summed E-state index contributed by atoms with van der Waals surface area (Å²) in [5.74, 6) is 0. The highest BCUT2D eigenvalue weighted by Gasteiger charge is 2.16. The summed E-state index contributed by atoms with van der Waals surface area (Å²) in [4.78, 5) is 3.04. The molecule has 0 saturated carbocycles. The molecular weight excluding hydrogens is 321 g/mol. The Hall–Kier alpha value is -1.21. The third-order valence-electron chi connectivity index (χ3n) is 2.51. The summed E-state index contributed by atoms with van der Waals surface area (Å²) in [6.07, 6.45) is 1.43. The van der Waals surface area contributed by atoms with E-state index in [1.165, 1.54) is 24.4 Å². The molecule has 0 spiro atoms. The Morgan fingerprint density at radius 1 is 1.15 bits per heavy atom. The van der Waals surface area contributed by atoms with Crippen LogP contribution < -0.4 is 10.0 Å². The normalized spacial score (nSPS) is 11.6. The number of aromatic amines is 1. The number of benzene rings is 1. The first-order valence-electron chi connectivity index (χ1n) is 5.71. The van der Waals surface area contributed by atoms with E-state index >= 15 is 0 Å². The molecule has 0 aliphatic heterocycles. The Balaban J connectivity index is 2.25. The minimum atomic E-state index is -3.67. The Kier molecular flexibility index (Phi) is 4.59. The predicted molar refractivity (Wildman–Crippen MR) is 80.8 cm³/mol. The van der Waals surface area contributed by atoms with Crippen molar-refractivity contribution in [2.24, 2.45) is 0 Å². The van der Waals surface area contributed by atoms with Crippen LogP contribution in [0.1, 0.15) is 5.69 Å². The first-order chi connectivity index (χ1) is 9.40. The molecule has 8 heteroatoms. The summed E-state index contributed by atoms with van der Waals surface area (Å²) in [5.41, 5.74) is 1.09. The molecule has 108 valence electrons. The zero-order valence-electron chi connectivity index (χ0n) is 10.6. The van der Waals surface area contributed by atoms with E-state index in [1.54, 1.807) is 13.1 Å². The summed E-state index contributed by atoms with van der Waals surface area (Å²) in [6.45, 7) is 0.554. The quantitative estimate of drug-likeness (QED) is 0.787. The van der Waals surface area contributed by atoms with Gasteiger partial charge in [-0.15, -0.1) is 0 Å². The Labute approximate surface area is 127 Å². The van der Waals surface area contributed by atoms with Gasteiger partial charge in [0, 0.05) is 28.5 Å². The van der Waals surface area contributed by atoms with E-state index in [4.69, 9.17) is 23.2 Å². The van der Waals surface area contributed by atoms with E-state index in [2.05, 4.69) is 15.0 Å². The van der Waals surface area contributed by atoms with Crippen molar-refractivity contribution in [2.45, 2.75) is 11.4 Å². The van der Waals surface area contributed by atoms with Gasteiger partial charge in [-0.2, -0.15) is 0 Å². The monoisotopic (exact) mass is 333 g/mol. The van der Waals surface area contributed by atoms with Crippen LogP contribution in [-0.4, -0.2) is 20.4 Å². The Morgan fingerprint density at radius 3 is 2.40 bits per heavy atom. The lowest BCUT2D eigenvalue weighted by Gasteiger charge is -2.07. The van der Waals surface area contributed by atoms with Gasteiger partial charge < -0.3 is 10.3 Å². The molecule has 0 amide bonds. The summed E-state index contributed by atoms with van der Waals surface area (Å²) < 4.78 is 26.8. The SMILES string of the molecule is CNCc1cc(S(=O)(=O)Nc2cc(Cl)cc(Cl)c2)c[nH]1. The highest BCUT2D eigenvalue weighted by atomic mass is 35.5. The second-order valence-corrected chi connectivity index (χ2v) is 6.71. The zero-order chi connectivity index (χ0) is 14.8. The maximum Gasteiger partial charge on any atom is 0.263 e. The molecule has 0 radical (unpaired) electrons. The number of hydrogen-bond acceptors (Lipinski definition) is 3. The van der Waals surface area contributed by atoms with E-state index in [9.17, 15) is 8.42 Å². The third-order valence-corrected chi connectivity index (χ3v) is 4.31. The molecule has 1 aromatic carbocycles. The van der Waals surface area contributed by atoms with Crippen LogP contribution in [0.2, 0.25) is 10.0 Å². The molecule has 2 rings (SSSR count). The molecule has 5 nitrogen and oxygen atoms in total. The first-order valence-corrected chi connectivity index (χ1v) is 7.95. The Bertz CT molecular complexity index is 693. The van der Waals surface area contributed by atoms with Gasteiger partial charge in [0.2, 0.25) is 0 Å². The molecule has 1 heterocycles. The van der Waals surface area contributed by atoms with Crippen LogP contribution in [0.4, 0.5) is 5.69 Å². The van der Waals surface area contributed by atoms with Crippen molar-refractivity contribution in [3.05, 3.63) is 46.2 Å². The number of anilines is 1. The number of sulfonamides is 1. The molecule has 0 atom stereocenters. The highest BCUT2D eigenvalue weighted by Crippen LogP contribution is 2.24. The van der Waals surface area contributed by atoms with E-state index in [0.717, 1.165) is 5.69 Å². The lowest BCUT2D eigenvalue weighted by atomic mass is 10.3. The number of aromatic nitrogens is 1. The molecule has 0 fully saturated rings. The van der Waals surface area contributed by atoms with Crippen LogP contribution in [0.15, 0.2) is 35.4 Å². The molecule has 3 N–H and O–H groups in total. The van der Waals surface area contributed by atoms with Crippen molar-refractivity contribution in [1.29, 1.82) is 0 Å². The standard InChI is InChI=1S/C12H13Cl2N3O2S/c1-15-6-11-5-12(7-16-11)20(18,19)17-10-3-8(13)2-9(14)4-10/h2-5,7,15-17H,6H2,1H3. The van der Waals surface area contributed by atoms with Gasteiger partial charge in [0.1, 0.15) is 4.90 Å². The van der Waals surface area contributed by atoms with Crippen LogP contribution in [0, 0.1) is 0 Å².